The van der Waals surface area contributed by atoms with Crippen LogP contribution >= 0.6 is 0 Å². The number of aromatic nitrogens is 5. The standard InChI is InChI=1S/C17H21F2N7O/c18-17(19)5-9-25(10-6-17)16(27)13-3-7-24(8-4-13)14-1-2-15(23-22-14)26-12-20-11-21-26/h1-2,11-13H,3-10H2. The third-order valence-electron chi connectivity index (χ3n) is 5.26. The lowest BCUT2D eigenvalue weighted by atomic mass is 9.94. The van der Waals surface area contributed by atoms with Crippen LogP contribution in [0.1, 0.15) is 25.7 Å². The van der Waals surface area contributed by atoms with Crippen LogP contribution in [0.15, 0.2) is 24.8 Å². The van der Waals surface area contributed by atoms with Gasteiger partial charge in [0, 0.05) is 44.9 Å². The second-order valence-electron chi connectivity index (χ2n) is 7.03. The number of rotatable bonds is 3. The van der Waals surface area contributed by atoms with E-state index in [2.05, 4.69) is 25.2 Å². The van der Waals surface area contributed by atoms with Crippen molar-refractivity contribution in [1.29, 1.82) is 0 Å². The summed E-state index contributed by atoms with van der Waals surface area (Å²) in [6, 6.07) is 3.70. The Kier molecular flexibility index (Phi) is 4.71. The van der Waals surface area contributed by atoms with E-state index in [4.69, 9.17) is 0 Å². The van der Waals surface area contributed by atoms with Gasteiger partial charge in [0.15, 0.2) is 11.6 Å². The highest BCUT2D eigenvalue weighted by Crippen LogP contribution is 2.30. The third kappa shape index (κ3) is 3.88. The van der Waals surface area contributed by atoms with Gasteiger partial charge < -0.3 is 9.80 Å². The summed E-state index contributed by atoms with van der Waals surface area (Å²) in [6.45, 7) is 1.69. The van der Waals surface area contributed by atoms with Crippen LogP contribution < -0.4 is 4.90 Å². The Balaban J connectivity index is 1.32. The normalized spacial score (nSPS) is 20.7. The summed E-state index contributed by atoms with van der Waals surface area (Å²) in [4.78, 5) is 20.2. The monoisotopic (exact) mass is 377 g/mol. The van der Waals surface area contributed by atoms with E-state index in [0.717, 1.165) is 5.82 Å². The fraction of sp³-hybridized carbons (Fsp3) is 0.588. The molecule has 2 aliphatic heterocycles. The van der Waals surface area contributed by atoms with Crippen LogP contribution in [0.4, 0.5) is 14.6 Å². The molecule has 0 atom stereocenters. The van der Waals surface area contributed by atoms with E-state index in [1.807, 2.05) is 12.1 Å². The Morgan fingerprint density at radius 1 is 1.04 bits per heavy atom. The number of amides is 1. The molecule has 0 bridgehead atoms. The predicted molar refractivity (Wildman–Crippen MR) is 92.6 cm³/mol. The lowest BCUT2D eigenvalue weighted by molar-refractivity contribution is -0.142. The fourth-order valence-corrected chi connectivity index (χ4v) is 3.60. The molecule has 27 heavy (non-hydrogen) atoms. The molecule has 0 aromatic carbocycles. The third-order valence-corrected chi connectivity index (χ3v) is 5.26. The van der Waals surface area contributed by atoms with Gasteiger partial charge in [0.2, 0.25) is 5.91 Å². The molecule has 2 aromatic rings. The predicted octanol–water partition coefficient (Wildman–Crippen LogP) is 1.53. The van der Waals surface area contributed by atoms with Crippen LogP contribution in [-0.4, -0.2) is 67.9 Å². The number of piperidine rings is 2. The zero-order chi connectivity index (χ0) is 18.9. The molecule has 0 N–H and O–H groups in total. The zero-order valence-electron chi connectivity index (χ0n) is 14.8. The summed E-state index contributed by atoms with van der Waals surface area (Å²) in [5, 5.41) is 12.4. The Hall–Kier alpha value is -2.65. The van der Waals surface area contributed by atoms with Gasteiger partial charge in [0.25, 0.3) is 5.92 Å². The molecular weight excluding hydrogens is 356 g/mol. The summed E-state index contributed by atoms with van der Waals surface area (Å²) in [5.41, 5.74) is 0. The topological polar surface area (TPSA) is 80.0 Å². The van der Waals surface area contributed by atoms with Crippen LogP contribution in [-0.2, 0) is 4.79 Å². The van der Waals surface area contributed by atoms with Crippen LogP contribution in [0.2, 0.25) is 0 Å². The number of likely N-dealkylation sites (tertiary alicyclic amines) is 1. The summed E-state index contributed by atoms with van der Waals surface area (Å²) in [7, 11) is 0. The molecule has 0 aliphatic carbocycles. The van der Waals surface area contributed by atoms with Crippen molar-refractivity contribution in [2.75, 3.05) is 31.1 Å². The lowest BCUT2D eigenvalue weighted by Crippen LogP contribution is -2.47. The number of hydrogen-bond acceptors (Lipinski definition) is 6. The average Bonchev–Trinajstić information content (AvgIpc) is 3.23. The highest BCUT2D eigenvalue weighted by atomic mass is 19.3. The first-order chi connectivity index (χ1) is 13.0. The molecule has 4 heterocycles. The molecule has 2 aliphatic rings. The van der Waals surface area contributed by atoms with Gasteiger partial charge in [-0.3, -0.25) is 4.79 Å². The lowest BCUT2D eigenvalue weighted by Gasteiger charge is -2.37. The van der Waals surface area contributed by atoms with Gasteiger partial charge in [0.05, 0.1) is 0 Å². The number of hydrogen-bond donors (Lipinski definition) is 0. The van der Waals surface area contributed by atoms with Gasteiger partial charge in [-0.2, -0.15) is 5.10 Å². The van der Waals surface area contributed by atoms with Crippen LogP contribution in [0.3, 0.4) is 0 Å². The minimum Gasteiger partial charge on any atom is -0.355 e. The van der Waals surface area contributed by atoms with E-state index in [1.165, 1.54) is 11.0 Å². The van der Waals surface area contributed by atoms with Gasteiger partial charge >= 0.3 is 0 Å². The first-order valence-electron chi connectivity index (χ1n) is 9.12. The number of nitrogens with zero attached hydrogens (tertiary/aromatic N) is 7. The smallest absolute Gasteiger partial charge is 0.251 e. The molecule has 0 unspecified atom stereocenters. The molecule has 10 heteroatoms. The van der Waals surface area contributed by atoms with Crippen LogP contribution in [0.25, 0.3) is 5.82 Å². The first-order valence-corrected chi connectivity index (χ1v) is 9.12. The van der Waals surface area contributed by atoms with Gasteiger partial charge in [-0.25, -0.2) is 18.4 Å². The zero-order valence-corrected chi connectivity index (χ0v) is 14.8. The van der Waals surface area contributed by atoms with E-state index in [9.17, 15) is 13.6 Å². The van der Waals surface area contributed by atoms with E-state index in [0.29, 0.717) is 31.7 Å². The molecule has 2 fully saturated rings. The van der Waals surface area contributed by atoms with Crippen molar-refractivity contribution in [1.82, 2.24) is 29.9 Å². The highest BCUT2D eigenvalue weighted by molar-refractivity contribution is 5.79. The van der Waals surface area contributed by atoms with Gasteiger partial charge in [0.1, 0.15) is 12.7 Å². The summed E-state index contributed by atoms with van der Waals surface area (Å²) in [6.07, 6.45) is 3.91. The molecule has 0 saturated carbocycles. The van der Waals surface area contributed by atoms with Crippen molar-refractivity contribution in [2.24, 2.45) is 5.92 Å². The van der Waals surface area contributed by atoms with Gasteiger partial charge in [-0.1, -0.05) is 0 Å². The second-order valence-corrected chi connectivity index (χ2v) is 7.03. The molecule has 2 aromatic heterocycles. The maximum Gasteiger partial charge on any atom is 0.251 e. The molecule has 144 valence electrons. The van der Waals surface area contributed by atoms with Crippen LogP contribution in [0.5, 0.6) is 0 Å². The molecule has 0 spiro atoms. The summed E-state index contributed by atoms with van der Waals surface area (Å²) < 4.78 is 28.1. The number of alkyl halides is 2. The number of anilines is 1. The summed E-state index contributed by atoms with van der Waals surface area (Å²) in [5.74, 6) is -1.38. The molecule has 1 amide bonds. The number of carbonyl (C=O) groups excluding carboxylic acids is 1. The van der Waals surface area contributed by atoms with Crippen molar-refractivity contribution < 1.29 is 13.6 Å². The van der Waals surface area contributed by atoms with Gasteiger partial charge in [-0.15, -0.1) is 10.2 Å². The molecule has 4 rings (SSSR count). The van der Waals surface area contributed by atoms with E-state index < -0.39 is 5.92 Å². The molecular formula is C17H21F2N7O. The fourth-order valence-electron chi connectivity index (χ4n) is 3.60. The summed E-state index contributed by atoms with van der Waals surface area (Å²) >= 11 is 0. The molecule has 8 nitrogen and oxygen atoms in total. The quantitative estimate of drug-likeness (QED) is 0.807. The maximum absolute atomic E-state index is 13.3. The van der Waals surface area contributed by atoms with Crippen molar-refractivity contribution in [3.05, 3.63) is 24.8 Å². The molecule has 0 radical (unpaired) electrons. The van der Waals surface area contributed by atoms with Gasteiger partial charge in [-0.05, 0) is 25.0 Å². The van der Waals surface area contributed by atoms with E-state index in [-0.39, 0.29) is 37.8 Å². The minimum absolute atomic E-state index is 0.0118. The Bertz CT molecular complexity index is 763. The van der Waals surface area contributed by atoms with E-state index in [1.54, 1.807) is 11.2 Å². The Morgan fingerprint density at radius 3 is 2.30 bits per heavy atom. The van der Waals surface area contributed by atoms with Crippen molar-refractivity contribution >= 4 is 11.7 Å². The van der Waals surface area contributed by atoms with E-state index >= 15 is 0 Å². The van der Waals surface area contributed by atoms with Crippen LogP contribution in [0, 0.1) is 5.92 Å². The number of carbonyl (C=O) groups is 1. The number of halogens is 2. The van der Waals surface area contributed by atoms with Crippen molar-refractivity contribution in [3.8, 4) is 5.82 Å². The second kappa shape index (κ2) is 7.16. The minimum atomic E-state index is -2.63. The SMILES string of the molecule is O=C(C1CCN(c2ccc(-n3cncn3)nn2)CC1)N1CCC(F)(F)CC1. The largest absolute Gasteiger partial charge is 0.355 e. The Morgan fingerprint density at radius 2 is 1.70 bits per heavy atom. The molecule has 2 saturated heterocycles. The van der Waals surface area contributed by atoms with Crippen molar-refractivity contribution in [3.63, 3.8) is 0 Å². The highest BCUT2D eigenvalue weighted by Gasteiger charge is 2.37. The average molecular weight is 377 g/mol. The first kappa shape index (κ1) is 17.7. The maximum atomic E-state index is 13.3. The van der Waals surface area contributed by atoms with Crippen molar-refractivity contribution in [2.45, 2.75) is 31.6 Å². The Labute approximate surface area is 155 Å².